The minimum absolute atomic E-state index is 1.08. The molecule has 0 aliphatic heterocycles. The van der Waals surface area contributed by atoms with Gasteiger partial charge in [-0.25, -0.2) is 0 Å². The normalized spacial score (nSPS) is 10.8. The molecule has 0 aliphatic rings. The molecule has 14 heavy (non-hydrogen) atoms. The second-order valence-corrected chi connectivity index (χ2v) is 3.51. The zero-order valence-electron chi connectivity index (χ0n) is 9.33. The topological polar surface area (TPSA) is 3.24 Å². The maximum absolute atomic E-state index is 2.28. The Morgan fingerprint density at radius 2 is 1.86 bits per heavy atom. The van der Waals surface area contributed by atoms with E-state index in [0.717, 1.165) is 13.0 Å². The SMILES string of the molecule is C/C=C/N(CCC)c1ccc(C)cc1. The zero-order valence-corrected chi connectivity index (χ0v) is 9.33. The summed E-state index contributed by atoms with van der Waals surface area (Å²) in [6, 6.07) is 8.65. The van der Waals surface area contributed by atoms with Crippen LogP contribution in [-0.4, -0.2) is 6.54 Å². The lowest BCUT2D eigenvalue weighted by Crippen LogP contribution is -2.16. The van der Waals surface area contributed by atoms with E-state index in [1.54, 1.807) is 0 Å². The van der Waals surface area contributed by atoms with Crippen molar-refractivity contribution in [1.82, 2.24) is 0 Å². The van der Waals surface area contributed by atoms with Gasteiger partial charge in [0.2, 0.25) is 0 Å². The third-order valence-electron chi connectivity index (χ3n) is 2.16. The summed E-state index contributed by atoms with van der Waals surface area (Å²) in [6.07, 6.45) is 5.38. The molecule has 0 amide bonds. The summed E-state index contributed by atoms with van der Waals surface area (Å²) < 4.78 is 0. The van der Waals surface area contributed by atoms with Gasteiger partial charge in [0.15, 0.2) is 0 Å². The highest BCUT2D eigenvalue weighted by Gasteiger charge is 1.99. The smallest absolute Gasteiger partial charge is 0.0406 e. The Labute approximate surface area is 87.1 Å². The molecule has 0 heterocycles. The fourth-order valence-corrected chi connectivity index (χ4v) is 1.45. The minimum atomic E-state index is 1.08. The lowest BCUT2D eigenvalue weighted by atomic mass is 10.2. The van der Waals surface area contributed by atoms with Crippen molar-refractivity contribution in [1.29, 1.82) is 0 Å². The molecular weight excluding hydrogens is 170 g/mol. The number of aryl methyl sites for hydroxylation is 1. The Morgan fingerprint density at radius 3 is 2.36 bits per heavy atom. The molecule has 1 nitrogen and oxygen atoms in total. The fraction of sp³-hybridized carbons (Fsp3) is 0.385. The summed E-state index contributed by atoms with van der Waals surface area (Å²) in [5.74, 6) is 0. The van der Waals surface area contributed by atoms with Crippen LogP contribution in [0.1, 0.15) is 25.8 Å². The van der Waals surface area contributed by atoms with Crippen LogP contribution in [0, 0.1) is 6.92 Å². The minimum Gasteiger partial charge on any atom is -0.348 e. The molecule has 1 rings (SSSR count). The molecule has 0 N–H and O–H groups in total. The monoisotopic (exact) mass is 189 g/mol. The molecule has 0 saturated heterocycles. The van der Waals surface area contributed by atoms with Crippen LogP contribution in [0.3, 0.4) is 0 Å². The number of hydrogen-bond acceptors (Lipinski definition) is 1. The summed E-state index contributed by atoms with van der Waals surface area (Å²) in [6.45, 7) is 7.44. The van der Waals surface area contributed by atoms with Gasteiger partial charge in [-0.2, -0.15) is 0 Å². The standard InChI is InChI=1S/C13H19N/c1-4-10-14(11-5-2)13-8-6-12(3)7-9-13/h4,6-10H,5,11H2,1-3H3/b10-4+. The van der Waals surface area contributed by atoms with Gasteiger partial charge in [-0.3, -0.25) is 0 Å². The van der Waals surface area contributed by atoms with Crippen LogP contribution in [0.5, 0.6) is 0 Å². The van der Waals surface area contributed by atoms with Gasteiger partial charge in [0.1, 0.15) is 0 Å². The number of rotatable bonds is 4. The Bertz CT molecular complexity index is 285. The molecule has 76 valence electrons. The summed E-state index contributed by atoms with van der Waals surface area (Å²) in [5.41, 5.74) is 2.58. The van der Waals surface area contributed by atoms with E-state index in [2.05, 4.69) is 62.2 Å². The first-order chi connectivity index (χ1) is 6.77. The Balaban J connectivity index is 2.81. The van der Waals surface area contributed by atoms with Crippen molar-refractivity contribution in [3.63, 3.8) is 0 Å². The molecule has 0 aliphatic carbocycles. The average Bonchev–Trinajstić information content (AvgIpc) is 2.19. The van der Waals surface area contributed by atoms with Crippen LogP contribution in [0.4, 0.5) is 5.69 Å². The Morgan fingerprint density at radius 1 is 1.21 bits per heavy atom. The second-order valence-electron chi connectivity index (χ2n) is 3.51. The molecule has 0 radical (unpaired) electrons. The van der Waals surface area contributed by atoms with Crippen molar-refractivity contribution in [2.24, 2.45) is 0 Å². The van der Waals surface area contributed by atoms with E-state index in [4.69, 9.17) is 0 Å². The van der Waals surface area contributed by atoms with E-state index in [1.165, 1.54) is 11.3 Å². The highest BCUT2D eigenvalue weighted by molar-refractivity contribution is 5.49. The molecule has 0 fully saturated rings. The highest BCUT2D eigenvalue weighted by Crippen LogP contribution is 2.15. The van der Waals surface area contributed by atoms with E-state index >= 15 is 0 Å². The highest BCUT2D eigenvalue weighted by atomic mass is 15.1. The lowest BCUT2D eigenvalue weighted by molar-refractivity contribution is 0.879. The van der Waals surface area contributed by atoms with Gasteiger partial charge < -0.3 is 4.90 Å². The van der Waals surface area contributed by atoms with Crippen molar-refractivity contribution in [2.75, 3.05) is 11.4 Å². The summed E-state index contributed by atoms with van der Waals surface area (Å²) in [5, 5.41) is 0. The van der Waals surface area contributed by atoms with Gasteiger partial charge in [0, 0.05) is 12.2 Å². The van der Waals surface area contributed by atoms with Crippen LogP contribution in [0.25, 0.3) is 0 Å². The maximum Gasteiger partial charge on any atom is 0.0406 e. The second kappa shape index (κ2) is 5.48. The summed E-state index contributed by atoms with van der Waals surface area (Å²) in [7, 11) is 0. The quantitative estimate of drug-likeness (QED) is 0.697. The molecule has 0 spiro atoms. The molecule has 1 heteroatoms. The van der Waals surface area contributed by atoms with Crippen LogP contribution in [-0.2, 0) is 0 Å². The van der Waals surface area contributed by atoms with E-state index in [-0.39, 0.29) is 0 Å². The molecular formula is C13H19N. The van der Waals surface area contributed by atoms with Gasteiger partial charge in [-0.1, -0.05) is 30.7 Å². The predicted molar refractivity (Wildman–Crippen MR) is 63.6 cm³/mol. The van der Waals surface area contributed by atoms with Crippen LogP contribution >= 0.6 is 0 Å². The van der Waals surface area contributed by atoms with Crippen molar-refractivity contribution in [3.8, 4) is 0 Å². The van der Waals surface area contributed by atoms with Crippen LogP contribution in [0.2, 0.25) is 0 Å². The van der Waals surface area contributed by atoms with E-state index in [1.807, 2.05) is 0 Å². The molecule has 0 atom stereocenters. The van der Waals surface area contributed by atoms with Gasteiger partial charge in [0.05, 0.1) is 0 Å². The molecule has 0 aromatic heterocycles. The molecule has 0 unspecified atom stereocenters. The van der Waals surface area contributed by atoms with E-state index < -0.39 is 0 Å². The van der Waals surface area contributed by atoms with E-state index in [0.29, 0.717) is 0 Å². The number of benzene rings is 1. The van der Waals surface area contributed by atoms with Crippen molar-refractivity contribution in [2.45, 2.75) is 27.2 Å². The summed E-state index contributed by atoms with van der Waals surface area (Å²) in [4.78, 5) is 2.28. The number of nitrogens with zero attached hydrogens (tertiary/aromatic N) is 1. The fourth-order valence-electron chi connectivity index (χ4n) is 1.45. The first-order valence-electron chi connectivity index (χ1n) is 5.24. The maximum atomic E-state index is 2.28. The first kappa shape index (κ1) is 10.8. The summed E-state index contributed by atoms with van der Waals surface area (Å²) >= 11 is 0. The molecule has 1 aromatic carbocycles. The van der Waals surface area contributed by atoms with Gasteiger partial charge in [-0.15, -0.1) is 0 Å². The van der Waals surface area contributed by atoms with Gasteiger partial charge in [-0.05, 0) is 38.6 Å². The third-order valence-corrected chi connectivity index (χ3v) is 2.16. The van der Waals surface area contributed by atoms with Crippen LogP contribution in [0.15, 0.2) is 36.5 Å². The third kappa shape index (κ3) is 2.91. The molecule has 1 aromatic rings. The van der Waals surface area contributed by atoms with Gasteiger partial charge >= 0.3 is 0 Å². The van der Waals surface area contributed by atoms with Crippen molar-refractivity contribution < 1.29 is 0 Å². The zero-order chi connectivity index (χ0) is 10.4. The number of anilines is 1. The Kier molecular flexibility index (Phi) is 4.24. The average molecular weight is 189 g/mol. The predicted octanol–water partition coefficient (Wildman–Crippen LogP) is 3.75. The lowest BCUT2D eigenvalue weighted by Gasteiger charge is -2.19. The van der Waals surface area contributed by atoms with Gasteiger partial charge in [0.25, 0.3) is 0 Å². The Hall–Kier alpha value is -1.24. The van der Waals surface area contributed by atoms with Crippen molar-refractivity contribution >= 4 is 5.69 Å². The largest absolute Gasteiger partial charge is 0.348 e. The molecule has 0 bridgehead atoms. The number of hydrogen-bond donors (Lipinski definition) is 0. The van der Waals surface area contributed by atoms with Crippen molar-refractivity contribution in [3.05, 3.63) is 42.1 Å². The molecule has 0 saturated carbocycles. The van der Waals surface area contributed by atoms with E-state index in [9.17, 15) is 0 Å². The number of allylic oxidation sites excluding steroid dienone is 1. The van der Waals surface area contributed by atoms with Crippen LogP contribution < -0.4 is 4.90 Å². The first-order valence-corrected chi connectivity index (χ1v) is 5.24.